The Morgan fingerprint density at radius 1 is 1.19 bits per heavy atom. The summed E-state index contributed by atoms with van der Waals surface area (Å²) in [7, 11) is 0. The number of benzene rings is 1. The number of carbonyl (C=O) groups excluding carboxylic acids is 2. The van der Waals surface area contributed by atoms with Gasteiger partial charge in [-0.15, -0.1) is 0 Å². The second-order valence-corrected chi connectivity index (χ2v) is 5.45. The predicted molar refractivity (Wildman–Crippen MR) is 78.4 cm³/mol. The van der Waals surface area contributed by atoms with E-state index < -0.39 is 12.1 Å². The fourth-order valence-corrected chi connectivity index (χ4v) is 2.74. The van der Waals surface area contributed by atoms with Crippen LogP contribution in [0.2, 0.25) is 0 Å². The van der Waals surface area contributed by atoms with E-state index in [0.717, 1.165) is 0 Å². The molecule has 4 nitrogen and oxygen atoms in total. The number of hydrogen-bond acceptors (Lipinski definition) is 4. The van der Waals surface area contributed by atoms with Crippen molar-refractivity contribution in [1.82, 2.24) is 0 Å². The minimum absolute atomic E-state index is 0.245. The molecule has 2 fully saturated rings. The monoisotopic (exact) mass is 290 g/mol. The van der Waals surface area contributed by atoms with Crippen molar-refractivity contribution >= 4 is 12.4 Å². The molecule has 1 unspecified atom stereocenters. The van der Waals surface area contributed by atoms with E-state index in [-0.39, 0.29) is 13.1 Å². The molecule has 1 aromatic rings. The normalized spacial score (nSPS) is 23.1. The summed E-state index contributed by atoms with van der Waals surface area (Å²) in [6.45, 7) is 2.19. The van der Waals surface area contributed by atoms with Crippen molar-refractivity contribution < 1.29 is 19.1 Å². The number of hydrogen-bond donors (Lipinski definition) is 0. The summed E-state index contributed by atoms with van der Waals surface area (Å²) in [6.07, 6.45) is 5.27. The molecule has 0 radical (unpaired) electrons. The zero-order chi connectivity index (χ0) is 15.1. The Morgan fingerprint density at radius 3 is 2.14 bits per heavy atom. The molecule has 21 heavy (non-hydrogen) atoms. The van der Waals surface area contributed by atoms with Crippen molar-refractivity contribution in [1.29, 1.82) is 0 Å². The maximum absolute atomic E-state index is 11.4. The van der Waals surface area contributed by atoms with Crippen molar-refractivity contribution in [2.24, 2.45) is 11.8 Å². The molecule has 0 amide bonds. The van der Waals surface area contributed by atoms with Crippen LogP contribution in [0.4, 0.5) is 0 Å². The van der Waals surface area contributed by atoms with E-state index in [1.807, 2.05) is 6.07 Å². The first-order valence-electron chi connectivity index (χ1n) is 7.57. The van der Waals surface area contributed by atoms with Gasteiger partial charge in [0.05, 0.1) is 6.61 Å². The second-order valence-electron chi connectivity index (χ2n) is 5.45. The van der Waals surface area contributed by atoms with E-state index >= 15 is 0 Å². The molecule has 3 rings (SSSR count). The van der Waals surface area contributed by atoms with E-state index in [0.29, 0.717) is 5.56 Å². The molecular formula is C17H22O4. The molecule has 0 N–H and O–H groups in total. The van der Waals surface area contributed by atoms with Crippen molar-refractivity contribution in [3.63, 3.8) is 0 Å². The number of rotatable bonds is 5. The Morgan fingerprint density at radius 2 is 1.76 bits per heavy atom. The Hall–Kier alpha value is -1.84. The van der Waals surface area contributed by atoms with Crippen LogP contribution in [0.5, 0.6) is 0 Å². The van der Waals surface area contributed by atoms with Gasteiger partial charge in [0, 0.05) is 5.56 Å². The van der Waals surface area contributed by atoms with Gasteiger partial charge in [0.15, 0.2) is 0 Å². The summed E-state index contributed by atoms with van der Waals surface area (Å²) < 4.78 is 9.48. The number of esters is 1. The van der Waals surface area contributed by atoms with Gasteiger partial charge in [-0.2, -0.15) is 0 Å². The first-order valence-corrected chi connectivity index (χ1v) is 7.57. The van der Waals surface area contributed by atoms with Crippen LogP contribution in [0.25, 0.3) is 0 Å². The van der Waals surface area contributed by atoms with Gasteiger partial charge in [-0.25, -0.2) is 4.79 Å². The van der Waals surface area contributed by atoms with E-state index in [1.54, 1.807) is 56.9 Å². The van der Waals surface area contributed by atoms with Crippen LogP contribution in [0.15, 0.2) is 30.3 Å². The Bertz CT molecular complexity index is 439. The van der Waals surface area contributed by atoms with Crippen molar-refractivity contribution in [3.05, 3.63) is 35.9 Å². The van der Waals surface area contributed by atoms with E-state index in [4.69, 9.17) is 4.74 Å². The maximum atomic E-state index is 11.4. The van der Waals surface area contributed by atoms with Crippen LogP contribution < -0.4 is 0 Å². The molecule has 0 saturated heterocycles. The molecule has 114 valence electrons. The molecule has 2 aliphatic carbocycles. The summed E-state index contributed by atoms with van der Waals surface area (Å²) in [4.78, 5) is 21.7. The minimum atomic E-state index is -0.969. The zero-order valence-electron chi connectivity index (χ0n) is 12.4. The molecule has 2 saturated carbocycles. The molecular weight excluding hydrogens is 268 g/mol. The first kappa shape index (κ1) is 15.5. The van der Waals surface area contributed by atoms with Gasteiger partial charge in [-0.3, -0.25) is 4.79 Å². The van der Waals surface area contributed by atoms with Crippen molar-refractivity contribution in [3.8, 4) is 0 Å². The largest absolute Gasteiger partial charge is 0.463 e. The minimum Gasteiger partial charge on any atom is -0.463 e. The lowest BCUT2D eigenvalue weighted by Crippen LogP contribution is -2.34. The highest BCUT2D eigenvalue weighted by atomic mass is 16.6. The van der Waals surface area contributed by atoms with Gasteiger partial charge in [0.2, 0.25) is 6.10 Å². The van der Waals surface area contributed by atoms with E-state index in [1.165, 1.54) is 11.8 Å². The lowest BCUT2D eigenvalue weighted by Gasteiger charge is -2.46. The Labute approximate surface area is 125 Å². The van der Waals surface area contributed by atoms with Gasteiger partial charge in [-0.1, -0.05) is 30.3 Å². The number of ether oxygens (including phenoxy) is 2. The first-order chi connectivity index (χ1) is 10.3. The van der Waals surface area contributed by atoms with E-state index in [2.05, 4.69) is 4.74 Å². The van der Waals surface area contributed by atoms with Crippen LogP contribution in [0, 0.1) is 11.8 Å². The van der Waals surface area contributed by atoms with Crippen LogP contribution in [-0.4, -0.2) is 19.0 Å². The number of fused-ring (bicyclic) bond motifs is 1. The Kier molecular flexibility index (Phi) is 5.78. The molecule has 0 bridgehead atoms. The third-order valence-electron chi connectivity index (χ3n) is 4.28. The molecule has 1 atom stereocenters. The molecule has 1 aromatic carbocycles. The number of carbonyl (C=O) groups is 2. The smallest absolute Gasteiger partial charge is 0.352 e. The van der Waals surface area contributed by atoms with E-state index in [9.17, 15) is 9.59 Å². The highest BCUT2D eigenvalue weighted by Gasteiger charge is 2.37. The van der Waals surface area contributed by atoms with Crippen LogP contribution in [-0.2, 0) is 19.1 Å². The fourth-order valence-electron chi connectivity index (χ4n) is 2.74. The molecule has 0 aliphatic heterocycles. The SMILES string of the molecule is C1CC2CCC12.CCOC(=O)C(OC=O)c1ccccc1. The maximum Gasteiger partial charge on any atom is 0.352 e. The van der Waals surface area contributed by atoms with Crippen LogP contribution in [0.3, 0.4) is 0 Å². The average Bonchev–Trinajstić information content (AvgIpc) is 2.50. The quantitative estimate of drug-likeness (QED) is 0.617. The standard InChI is InChI=1S/C11H12O4.C6H10/c1-2-14-11(13)10(15-8-12)9-6-4-3-5-7-9;1-2-6-4-3-5(1)6/h3-8,10H,2H2,1H3;5-6H,1-4H2. The highest BCUT2D eigenvalue weighted by molar-refractivity contribution is 5.77. The fraction of sp³-hybridized carbons (Fsp3) is 0.529. The lowest BCUT2D eigenvalue weighted by molar-refractivity contribution is -0.161. The third kappa shape index (κ3) is 4.06. The zero-order valence-corrected chi connectivity index (χ0v) is 12.4. The van der Waals surface area contributed by atoms with Crippen LogP contribution in [0.1, 0.15) is 44.3 Å². The Balaban J connectivity index is 0.000000218. The summed E-state index contributed by atoms with van der Waals surface area (Å²) in [5.41, 5.74) is 0.600. The van der Waals surface area contributed by atoms with Gasteiger partial charge in [0.1, 0.15) is 0 Å². The summed E-state index contributed by atoms with van der Waals surface area (Å²) in [6, 6.07) is 8.73. The molecule has 0 spiro atoms. The van der Waals surface area contributed by atoms with Gasteiger partial charge >= 0.3 is 5.97 Å². The van der Waals surface area contributed by atoms with Gasteiger partial charge in [-0.05, 0) is 44.4 Å². The topological polar surface area (TPSA) is 52.6 Å². The highest BCUT2D eigenvalue weighted by Crippen LogP contribution is 2.49. The summed E-state index contributed by atoms with van der Waals surface area (Å²) in [5, 5.41) is 0. The molecule has 0 heterocycles. The van der Waals surface area contributed by atoms with Gasteiger partial charge in [0.25, 0.3) is 6.47 Å². The van der Waals surface area contributed by atoms with Crippen molar-refractivity contribution in [2.75, 3.05) is 6.61 Å². The molecule has 0 aromatic heterocycles. The summed E-state index contributed by atoms with van der Waals surface area (Å²) in [5.74, 6) is 1.87. The lowest BCUT2D eigenvalue weighted by atomic mass is 9.60. The van der Waals surface area contributed by atoms with Crippen molar-refractivity contribution in [2.45, 2.75) is 38.7 Å². The third-order valence-corrected chi connectivity index (χ3v) is 4.28. The average molecular weight is 290 g/mol. The molecule has 4 heteroatoms. The molecule has 2 aliphatic rings. The predicted octanol–water partition coefficient (Wildman–Crippen LogP) is 3.27. The second kappa shape index (κ2) is 7.81. The van der Waals surface area contributed by atoms with Gasteiger partial charge < -0.3 is 9.47 Å². The summed E-state index contributed by atoms with van der Waals surface area (Å²) >= 11 is 0. The van der Waals surface area contributed by atoms with Crippen LogP contribution >= 0.6 is 0 Å².